The van der Waals surface area contributed by atoms with Crippen molar-refractivity contribution < 1.29 is 19.4 Å². The van der Waals surface area contributed by atoms with Gasteiger partial charge in [0.25, 0.3) is 0 Å². The van der Waals surface area contributed by atoms with E-state index >= 15 is 0 Å². The second kappa shape index (κ2) is 9.34. The van der Waals surface area contributed by atoms with Gasteiger partial charge in [-0.1, -0.05) is 54.6 Å². The third kappa shape index (κ3) is 4.32. The molecule has 1 amide bonds. The fourth-order valence-corrected chi connectivity index (χ4v) is 3.53. The van der Waals surface area contributed by atoms with Crippen molar-refractivity contribution in [2.75, 3.05) is 13.7 Å². The van der Waals surface area contributed by atoms with Crippen LogP contribution < -0.4 is 9.47 Å². The van der Waals surface area contributed by atoms with Gasteiger partial charge in [-0.2, -0.15) is 0 Å². The Labute approximate surface area is 185 Å². The van der Waals surface area contributed by atoms with Gasteiger partial charge in [-0.3, -0.25) is 4.79 Å². The summed E-state index contributed by atoms with van der Waals surface area (Å²) in [5.41, 5.74) is 2.83. The van der Waals surface area contributed by atoms with Crippen LogP contribution in [0.2, 0.25) is 0 Å². The largest absolute Gasteiger partial charge is 0.496 e. The predicted octanol–water partition coefficient (Wildman–Crippen LogP) is 5.40. The molecule has 1 heterocycles. The first-order valence-corrected chi connectivity index (χ1v) is 10.1. The summed E-state index contributed by atoms with van der Waals surface area (Å²) in [5, 5.41) is 19.4. The van der Waals surface area contributed by atoms with Crippen molar-refractivity contribution >= 4 is 22.5 Å². The quantitative estimate of drug-likeness (QED) is 0.399. The molecule has 3 aromatic carbocycles. The highest BCUT2D eigenvalue weighted by molar-refractivity contribution is 5.95. The number of para-hydroxylation sites is 3. The zero-order chi connectivity index (χ0) is 22.5. The fourth-order valence-electron chi connectivity index (χ4n) is 3.53. The summed E-state index contributed by atoms with van der Waals surface area (Å²) in [6, 6.07) is 22.5. The molecule has 0 aliphatic heterocycles. The third-order valence-electron chi connectivity index (χ3n) is 5.14. The monoisotopic (exact) mass is 429 g/mol. The SMILES string of the molecule is COc1ccccc1Cn1c(O)c(N=NC(=O)COc2ccccc2C)c2ccccc21. The molecule has 32 heavy (non-hydrogen) atoms. The minimum Gasteiger partial charge on any atom is -0.496 e. The summed E-state index contributed by atoms with van der Waals surface area (Å²) < 4.78 is 12.7. The molecule has 7 heteroatoms. The minimum atomic E-state index is -0.547. The van der Waals surface area contributed by atoms with Gasteiger partial charge in [0, 0.05) is 10.9 Å². The van der Waals surface area contributed by atoms with Crippen molar-refractivity contribution in [1.29, 1.82) is 0 Å². The van der Waals surface area contributed by atoms with Crippen LogP contribution in [0, 0.1) is 6.92 Å². The predicted molar refractivity (Wildman–Crippen MR) is 122 cm³/mol. The lowest BCUT2D eigenvalue weighted by Crippen LogP contribution is -2.08. The van der Waals surface area contributed by atoms with Crippen LogP contribution in [-0.2, 0) is 11.3 Å². The molecule has 162 valence electrons. The zero-order valence-electron chi connectivity index (χ0n) is 17.9. The molecule has 0 saturated carbocycles. The van der Waals surface area contributed by atoms with Gasteiger partial charge in [0.05, 0.1) is 19.2 Å². The summed E-state index contributed by atoms with van der Waals surface area (Å²) in [7, 11) is 1.61. The number of amides is 1. The Morgan fingerprint density at radius 3 is 2.44 bits per heavy atom. The Hall–Kier alpha value is -4.13. The molecule has 0 radical (unpaired) electrons. The van der Waals surface area contributed by atoms with Crippen molar-refractivity contribution in [3.8, 4) is 17.4 Å². The van der Waals surface area contributed by atoms with E-state index in [2.05, 4.69) is 10.2 Å². The molecule has 0 aliphatic rings. The van der Waals surface area contributed by atoms with Crippen LogP contribution in [-0.4, -0.2) is 29.3 Å². The van der Waals surface area contributed by atoms with Gasteiger partial charge in [0.15, 0.2) is 12.3 Å². The maximum absolute atomic E-state index is 12.2. The lowest BCUT2D eigenvalue weighted by atomic mass is 10.2. The highest BCUT2D eigenvalue weighted by Gasteiger charge is 2.18. The van der Waals surface area contributed by atoms with Crippen molar-refractivity contribution in [1.82, 2.24) is 4.57 Å². The number of methoxy groups -OCH3 is 1. The molecule has 0 bridgehead atoms. The first-order valence-electron chi connectivity index (χ1n) is 10.1. The van der Waals surface area contributed by atoms with Gasteiger partial charge in [-0.05, 0) is 30.7 Å². The van der Waals surface area contributed by atoms with Crippen LogP contribution in [0.25, 0.3) is 10.9 Å². The van der Waals surface area contributed by atoms with E-state index in [0.29, 0.717) is 17.7 Å². The number of azo groups is 1. The summed E-state index contributed by atoms with van der Waals surface area (Å²) in [6.45, 7) is 2.03. The molecule has 4 rings (SSSR count). The lowest BCUT2D eigenvalue weighted by molar-refractivity contribution is -0.120. The minimum absolute atomic E-state index is 0.0755. The lowest BCUT2D eigenvalue weighted by Gasteiger charge is -2.11. The van der Waals surface area contributed by atoms with Crippen LogP contribution in [0.15, 0.2) is 83.0 Å². The smallest absolute Gasteiger partial charge is 0.302 e. The number of nitrogens with zero attached hydrogens (tertiary/aromatic N) is 3. The van der Waals surface area contributed by atoms with E-state index in [4.69, 9.17) is 9.47 Å². The summed E-state index contributed by atoms with van der Waals surface area (Å²) >= 11 is 0. The molecule has 0 unspecified atom stereocenters. The molecule has 7 nitrogen and oxygen atoms in total. The standard InChI is InChI=1S/C25H23N3O4/c1-17-9-3-7-13-21(17)32-16-23(29)26-27-24-19-11-5-6-12-20(19)28(25(24)30)15-18-10-4-8-14-22(18)31-2/h3-14,30H,15-16H2,1-2H3. The number of hydrogen-bond acceptors (Lipinski definition) is 5. The molecule has 0 atom stereocenters. The van der Waals surface area contributed by atoms with E-state index in [-0.39, 0.29) is 18.2 Å². The molecular weight excluding hydrogens is 406 g/mol. The number of hydrogen-bond donors (Lipinski definition) is 1. The molecule has 0 saturated heterocycles. The van der Waals surface area contributed by atoms with Gasteiger partial charge < -0.3 is 19.1 Å². The maximum atomic E-state index is 12.2. The number of benzene rings is 3. The molecule has 0 aliphatic carbocycles. The normalized spacial score (nSPS) is 11.2. The van der Waals surface area contributed by atoms with Gasteiger partial charge >= 0.3 is 5.91 Å². The number of ether oxygens (including phenoxy) is 2. The number of rotatable bonds is 7. The Morgan fingerprint density at radius 2 is 1.66 bits per heavy atom. The number of aromatic nitrogens is 1. The summed E-state index contributed by atoms with van der Waals surface area (Å²) in [5.74, 6) is 0.714. The van der Waals surface area contributed by atoms with Crippen LogP contribution >= 0.6 is 0 Å². The van der Waals surface area contributed by atoms with Gasteiger partial charge in [-0.15, -0.1) is 10.2 Å². The first kappa shape index (κ1) is 21.1. The van der Waals surface area contributed by atoms with Crippen molar-refractivity contribution in [2.24, 2.45) is 10.2 Å². The van der Waals surface area contributed by atoms with Crippen molar-refractivity contribution in [3.63, 3.8) is 0 Å². The molecule has 1 N–H and O–H groups in total. The van der Waals surface area contributed by atoms with Gasteiger partial charge in [0.1, 0.15) is 11.5 Å². The fraction of sp³-hybridized carbons (Fsp3) is 0.160. The zero-order valence-corrected chi connectivity index (χ0v) is 17.9. The second-order valence-corrected chi connectivity index (χ2v) is 7.24. The number of aromatic hydroxyl groups is 1. The Kier molecular flexibility index (Phi) is 6.17. The number of aryl methyl sites for hydroxylation is 1. The highest BCUT2D eigenvalue weighted by atomic mass is 16.5. The molecule has 4 aromatic rings. The van der Waals surface area contributed by atoms with E-state index in [9.17, 15) is 9.90 Å². The van der Waals surface area contributed by atoms with E-state index in [1.165, 1.54) is 0 Å². The van der Waals surface area contributed by atoms with E-state index in [1.807, 2.05) is 73.7 Å². The number of carbonyl (C=O) groups is 1. The number of fused-ring (bicyclic) bond motifs is 1. The third-order valence-corrected chi connectivity index (χ3v) is 5.14. The van der Waals surface area contributed by atoms with Crippen molar-refractivity contribution in [2.45, 2.75) is 13.5 Å². The first-order chi connectivity index (χ1) is 15.6. The molecule has 0 fully saturated rings. The molecular formula is C25H23N3O4. The maximum Gasteiger partial charge on any atom is 0.302 e. The Bertz CT molecular complexity index is 1290. The van der Waals surface area contributed by atoms with Crippen LogP contribution in [0.1, 0.15) is 11.1 Å². The van der Waals surface area contributed by atoms with Crippen molar-refractivity contribution in [3.05, 3.63) is 83.9 Å². The van der Waals surface area contributed by atoms with Gasteiger partial charge in [0.2, 0.25) is 5.88 Å². The van der Waals surface area contributed by atoms with E-state index < -0.39 is 5.91 Å². The van der Waals surface area contributed by atoms with Crippen LogP contribution in [0.5, 0.6) is 17.4 Å². The molecule has 1 aromatic heterocycles. The van der Waals surface area contributed by atoms with Gasteiger partial charge in [-0.25, -0.2) is 0 Å². The van der Waals surface area contributed by atoms with Crippen LogP contribution in [0.3, 0.4) is 0 Å². The number of carbonyl (C=O) groups excluding carboxylic acids is 1. The second-order valence-electron chi connectivity index (χ2n) is 7.24. The van der Waals surface area contributed by atoms with E-state index in [1.54, 1.807) is 17.7 Å². The Morgan fingerprint density at radius 1 is 0.969 bits per heavy atom. The summed E-state index contributed by atoms with van der Waals surface area (Å²) in [4.78, 5) is 12.2. The van der Waals surface area contributed by atoms with Crippen LogP contribution in [0.4, 0.5) is 5.69 Å². The topological polar surface area (TPSA) is 85.4 Å². The van der Waals surface area contributed by atoms with E-state index in [0.717, 1.165) is 22.4 Å². The summed E-state index contributed by atoms with van der Waals surface area (Å²) in [6.07, 6.45) is 0. The average Bonchev–Trinajstić information content (AvgIpc) is 3.08. The highest BCUT2D eigenvalue weighted by Crippen LogP contribution is 2.39. The Balaban J connectivity index is 1.60. The molecule has 0 spiro atoms. The average molecular weight is 429 g/mol.